The number of furan rings is 1. The number of fused-ring (bicyclic) bond motifs is 1. The second kappa shape index (κ2) is 7.27. The molecule has 0 fully saturated rings. The molecule has 30 heavy (non-hydrogen) atoms. The lowest BCUT2D eigenvalue weighted by Gasteiger charge is -2.09. The van der Waals surface area contributed by atoms with Crippen molar-refractivity contribution in [3.8, 4) is 16.9 Å². The average Bonchev–Trinajstić information content (AvgIpc) is 3.32. The summed E-state index contributed by atoms with van der Waals surface area (Å²) in [7, 11) is 0. The molecule has 0 unspecified atom stereocenters. The minimum Gasteiger partial charge on any atom is -0.507 e. The summed E-state index contributed by atoms with van der Waals surface area (Å²) in [4.78, 5) is 24.5. The van der Waals surface area contributed by atoms with Gasteiger partial charge in [0.15, 0.2) is 11.6 Å². The zero-order chi connectivity index (χ0) is 21.6. The molecule has 1 amide bonds. The van der Waals surface area contributed by atoms with Gasteiger partial charge in [-0.15, -0.1) is 11.3 Å². The number of hydrogen-bond donors (Lipinski definition) is 3. The summed E-state index contributed by atoms with van der Waals surface area (Å²) in [5, 5.41) is 24.0. The van der Waals surface area contributed by atoms with E-state index in [1.807, 2.05) is 0 Å². The number of phenols is 1. The first-order valence-electron chi connectivity index (χ1n) is 8.59. The third kappa shape index (κ3) is 3.18. The van der Waals surface area contributed by atoms with Gasteiger partial charge in [-0.1, -0.05) is 12.1 Å². The standard InChI is InChI=1S/C21H13F2NO5S/c1-9-2-3-11(18(23)17(9)22)13-8-30-20(16(13)21(27)28)24-19(26)12-6-10-4-5-29-15(10)7-14(12)25/h2-8,25H,1H3,(H,24,26)(H,27,28). The molecule has 0 aliphatic heterocycles. The number of halogens is 2. The van der Waals surface area contributed by atoms with Gasteiger partial charge in [-0.05, 0) is 24.6 Å². The number of nitrogens with one attached hydrogen (secondary N) is 1. The predicted octanol–water partition coefficient (Wildman–Crippen LogP) is 5.40. The molecule has 0 saturated carbocycles. The van der Waals surface area contributed by atoms with Crippen LogP contribution >= 0.6 is 11.3 Å². The number of phenolic OH excluding ortho intramolecular Hbond substituents is 1. The number of hydrogen-bond acceptors (Lipinski definition) is 5. The van der Waals surface area contributed by atoms with Crippen molar-refractivity contribution in [2.45, 2.75) is 6.92 Å². The van der Waals surface area contributed by atoms with Crippen molar-refractivity contribution in [1.82, 2.24) is 0 Å². The minimum atomic E-state index is -1.42. The van der Waals surface area contributed by atoms with Crippen LogP contribution in [0.15, 0.2) is 46.4 Å². The lowest BCUT2D eigenvalue weighted by atomic mass is 10.0. The number of aromatic carboxylic acids is 1. The molecule has 4 rings (SSSR count). The largest absolute Gasteiger partial charge is 0.507 e. The Morgan fingerprint density at radius 3 is 2.60 bits per heavy atom. The number of thiophene rings is 1. The highest BCUT2D eigenvalue weighted by Crippen LogP contribution is 2.38. The second-order valence-corrected chi connectivity index (χ2v) is 7.38. The van der Waals surface area contributed by atoms with Crippen LogP contribution in [-0.2, 0) is 0 Å². The van der Waals surface area contributed by atoms with Crippen LogP contribution in [0.2, 0.25) is 0 Å². The second-order valence-electron chi connectivity index (χ2n) is 6.50. The van der Waals surface area contributed by atoms with Crippen LogP contribution in [0, 0.1) is 18.6 Å². The summed E-state index contributed by atoms with van der Waals surface area (Å²) in [6.07, 6.45) is 1.40. The molecular formula is C21H13F2NO5S. The van der Waals surface area contributed by atoms with E-state index < -0.39 is 23.5 Å². The topological polar surface area (TPSA) is 99.8 Å². The van der Waals surface area contributed by atoms with Gasteiger partial charge in [0.05, 0.1) is 11.8 Å². The van der Waals surface area contributed by atoms with Gasteiger partial charge in [-0.2, -0.15) is 0 Å². The minimum absolute atomic E-state index is 0.0614. The Kier molecular flexibility index (Phi) is 4.75. The van der Waals surface area contributed by atoms with Crippen LogP contribution in [0.25, 0.3) is 22.1 Å². The Balaban J connectivity index is 1.75. The third-order valence-corrected chi connectivity index (χ3v) is 5.51. The van der Waals surface area contributed by atoms with E-state index in [4.69, 9.17) is 4.42 Å². The number of carbonyl (C=O) groups is 2. The first-order chi connectivity index (χ1) is 14.3. The smallest absolute Gasteiger partial charge is 0.339 e. The van der Waals surface area contributed by atoms with E-state index in [1.54, 1.807) is 6.07 Å². The van der Waals surface area contributed by atoms with Crippen LogP contribution in [0.3, 0.4) is 0 Å². The zero-order valence-electron chi connectivity index (χ0n) is 15.3. The quantitative estimate of drug-likeness (QED) is 0.403. The van der Waals surface area contributed by atoms with Gasteiger partial charge in [0, 0.05) is 28.0 Å². The van der Waals surface area contributed by atoms with Gasteiger partial charge in [0.2, 0.25) is 0 Å². The van der Waals surface area contributed by atoms with Gasteiger partial charge in [-0.3, -0.25) is 4.79 Å². The number of carboxylic acid groups (broad SMARTS) is 1. The normalized spacial score (nSPS) is 11.0. The van der Waals surface area contributed by atoms with Crippen molar-refractivity contribution in [1.29, 1.82) is 0 Å². The van der Waals surface area contributed by atoms with Crippen molar-refractivity contribution < 1.29 is 33.0 Å². The van der Waals surface area contributed by atoms with E-state index in [1.165, 1.54) is 42.8 Å². The maximum absolute atomic E-state index is 14.4. The van der Waals surface area contributed by atoms with Crippen LogP contribution in [0.1, 0.15) is 26.3 Å². The SMILES string of the molecule is Cc1ccc(-c2csc(NC(=O)c3cc4ccoc4cc3O)c2C(=O)O)c(F)c1F. The molecule has 0 spiro atoms. The number of rotatable bonds is 4. The van der Waals surface area contributed by atoms with E-state index in [9.17, 15) is 28.6 Å². The van der Waals surface area contributed by atoms with E-state index in [0.29, 0.717) is 11.0 Å². The number of amides is 1. The molecule has 152 valence electrons. The fourth-order valence-corrected chi connectivity index (χ4v) is 4.01. The highest BCUT2D eigenvalue weighted by Gasteiger charge is 2.25. The number of aryl methyl sites for hydroxylation is 1. The van der Waals surface area contributed by atoms with Crippen molar-refractivity contribution in [2.24, 2.45) is 0 Å². The number of anilines is 1. The Morgan fingerprint density at radius 1 is 1.10 bits per heavy atom. The highest BCUT2D eigenvalue weighted by molar-refractivity contribution is 7.15. The monoisotopic (exact) mass is 429 g/mol. The van der Waals surface area contributed by atoms with E-state index in [2.05, 4.69) is 5.32 Å². The average molecular weight is 429 g/mol. The molecule has 6 nitrogen and oxygen atoms in total. The Morgan fingerprint density at radius 2 is 1.87 bits per heavy atom. The lowest BCUT2D eigenvalue weighted by molar-refractivity contribution is 0.0699. The van der Waals surface area contributed by atoms with Gasteiger partial charge in [-0.25, -0.2) is 13.6 Å². The Labute approximate surface area is 172 Å². The molecule has 2 heterocycles. The Bertz CT molecular complexity index is 1320. The van der Waals surface area contributed by atoms with Gasteiger partial charge >= 0.3 is 5.97 Å². The van der Waals surface area contributed by atoms with Crippen LogP contribution < -0.4 is 5.32 Å². The summed E-state index contributed by atoms with van der Waals surface area (Å²) < 4.78 is 33.5. The summed E-state index contributed by atoms with van der Waals surface area (Å²) in [5.74, 6) is -4.77. The number of aromatic hydroxyl groups is 1. The predicted molar refractivity (Wildman–Crippen MR) is 107 cm³/mol. The van der Waals surface area contributed by atoms with Gasteiger partial charge in [0.1, 0.15) is 21.9 Å². The number of carboxylic acids is 1. The first kappa shape index (κ1) is 19.6. The molecule has 2 aromatic carbocycles. The molecule has 3 N–H and O–H groups in total. The molecular weight excluding hydrogens is 416 g/mol. The molecule has 0 aliphatic rings. The first-order valence-corrected chi connectivity index (χ1v) is 9.47. The van der Waals surface area contributed by atoms with E-state index in [-0.39, 0.29) is 38.6 Å². The molecule has 0 atom stereocenters. The summed E-state index contributed by atoms with van der Waals surface area (Å²) in [5.41, 5.74) is -0.293. The maximum atomic E-state index is 14.4. The fraction of sp³-hybridized carbons (Fsp3) is 0.0476. The molecule has 0 saturated heterocycles. The summed E-state index contributed by atoms with van der Waals surface area (Å²) in [6.45, 7) is 1.39. The highest BCUT2D eigenvalue weighted by atomic mass is 32.1. The zero-order valence-corrected chi connectivity index (χ0v) is 16.1. The van der Waals surface area contributed by atoms with Crippen molar-refractivity contribution in [3.63, 3.8) is 0 Å². The van der Waals surface area contributed by atoms with Crippen molar-refractivity contribution >= 4 is 39.2 Å². The van der Waals surface area contributed by atoms with Crippen LogP contribution in [0.5, 0.6) is 5.75 Å². The van der Waals surface area contributed by atoms with Crippen molar-refractivity contribution in [2.75, 3.05) is 5.32 Å². The van der Waals surface area contributed by atoms with Gasteiger partial charge in [0.25, 0.3) is 5.91 Å². The molecule has 0 radical (unpaired) electrons. The lowest BCUT2D eigenvalue weighted by Crippen LogP contribution is -2.14. The third-order valence-electron chi connectivity index (χ3n) is 4.61. The van der Waals surface area contributed by atoms with Crippen LogP contribution in [0.4, 0.5) is 13.8 Å². The van der Waals surface area contributed by atoms with Crippen molar-refractivity contribution in [3.05, 3.63) is 70.3 Å². The van der Waals surface area contributed by atoms with Gasteiger partial charge < -0.3 is 19.9 Å². The number of benzene rings is 2. The number of carbonyl (C=O) groups excluding carboxylic acids is 1. The fourth-order valence-electron chi connectivity index (χ4n) is 3.07. The maximum Gasteiger partial charge on any atom is 0.339 e. The summed E-state index contributed by atoms with van der Waals surface area (Å²) >= 11 is 0.850. The molecule has 2 aromatic heterocycles. The molecule has 9 heteroatoms. The van der Waals surface area contributed by atoms with Crippen LogP contribution in [-0.4, -0.2) is 22.1 Å². The summed E-state index contributed by atoms with van der Waals surface area (Å²) in [6, 6.07) is 6.90. The molecule has 4 aromatic rings. The van der Waals surface area contributed by atoms with E-state index in [0.717, 1.165) is 11.3 Å². The molecule has 0 aliphatic carbocycles. The molecule has 0 bridgehead atoms. The van der Waals surface area contributed by atoms with E-state index >= 15 is 0 Å². The Hall–Kier alpha value is -3.72.